The molecule has 0 radical (unpaired) electrons. The zero-order chi connectivity index (χ0) is 15.9. The second kappa shape index (κ2) is 8.62. The lowest BCUT2D eigenvalue weighted by Gasteiger charge is -2.32. The molecule has 0 fully saturated rings. The first-order valence-corrected chi connectivity index (χ1v) is 9.65. The van der Waals surface area contributed by atoms with Crippen LogP contribution in [0.1, 0.15) is 19.3 Å². The minimum atomic E-state index is 0.765. The number of hydrogen-bond acceptors (Lipinski definition) is 3. The van der Waals surface area contributed by atoms with E-state index in [1.165, 1.54) is 21.2 Å². The van der Waals surface area contributed by atoms with E-state index in [2.05, 4.69) is 58.7 Å². The predicted molar refractivity (Wildman–Crippen MR) is 101 cm³/mol. The second-order valence-electron chi connectivity index (χ2n) is 5.69. The van der Waals surface area contributed by atoms with E-state index in [0.717, 1.165) is 44.8 Å². The van der Waals surface area contributed by atoms with Crippen LogP contribution in [0, 0.1) is 0 Å². The van der Waals surface area contributed by atoms with E-state index in [1.54, 1.807) is 0 Å². The fourth-order valence-electron chi connectivity index (χ4n) is 2.85. The second-order valence-corrected chi connectivity index (χ2v) is 7.15. The van der Waals surface area contributed by atoms with Crippen molar-refractivity contribution in [3.8, 4) is 0 Å². The quantitative estimate of drug-likeness (QED) is 0.516. The summed E-state index contributed by atoms with van der Waals surface area (Å²) in [6.07, 6.45) is 3.39. The summed E-state index contributed by atoms with van der Waals surface area (Å²) in [5.41, 5.74) is 2.66. The molecule has 0 spiro atoms. The molecule has 23 heavy (non-hydrogen) atoms. The van der Waals surface area contributed by atoms with Gasteiger partial charge in [0.1, 0.15) is 0 Å². The van der Waals surface area contributed by atoms with Crippen LogP contribution < -0.4 is 10.2 Å². The molecule has 1 aliphatic rings. The van der Waals surface area contributed by atoms with Crippen molar-refractivity contribution < 1.29 is 0 Å². The highest BCUT2D eigenvalue weighted by atomic mass is 35.5. The lowest BCUT2D eigenvalue weighted by Crippen LogP contribution is -2.26. The smallest absolute Gasteiger partial charge is 0.0552 e. The first kappa shape index (κ1) is 16.7. The highest BCUT2D eigenvalue weighted by Crippen LogP contribution is 2.47. The van der Waals surface area contributed by atoms with Gasteiger partial charge >= 0.3 is 0 Å². The summed E-state index contributed by atoms with van der Waals surface area (Å²) in [4.78, 5) is 5.16. The molecular formula is C19H23ClN2S. The largest absolute Gasteiger partial charge is 0.340 e. The zero-order valence-corrected chi connectivity index (χ0v) is 14.9. The average molecular weight is 347 g/mol. The molecule has 0 aromatic heterocycles. The van der Waals surface area contributed by atoms with Crippen molar-refractivity contribution in [2.24, 2.45) is 0 Å². The van der Waals surface area contributed by atoms with Gasteiger partial charge in [0.15, 0.2) is 0 Å². The van der Waals surface area contributed by atoms with Crippen molar-refractivity contribution >= 4 is 34.7 Å². The van der Waals surface area contributed by atoms with Crippen LogP contribution in [-0.4, -0.2) is 25.5 Å². The van der Waals surface area contributed by atoms with Crippen LogP contribution in [0.25, 0.3) is 0 Å². The molecule has 0 saturated carbocycles. The highest BCUT2D eigenvalue weighted by molar-refractivity contribution is 7.99. The molecular weight excluding hydrogens is 324 g/mol. The Labute approximate surface area is 148 Å². The molecule has 0 amide bonds. The monoisotopic (exact) mass is 346 g/mol. The van der Waals surface area contributed by atoms with Gasteiger partial charge in [-0.1, -0.05) is 36.0 Å². The third-order valence-electron chi connectivity index (χ3n) is 4.00. The number of anilines is 2. The number of benzene rings is 2. The number of fused-ring (bicyclic) bond motifs is 2. The van der Waals surface area contributed by atoms with E-state index in [0.29, 0.717) is 0 Å². The van der Waals surface area contributed by atoms with Gasteiger partial charge in [-0.25, -0.2) is 0 Å². The molecule has 2 aromatic carbocycles. The van der Waals surface area contributed by atoms with Crippen molar-refractivity contribution in [3.63, 3.8) is 0 Å². The summed E-state index contributed by atoms with van der Waals surface area (Å²) in [5.74, 6) is 0.765. The van der Waals surface area contributed by atoms with Crippen LogP contribution in [0.5, 0.6) is 0 Å². The van der Waals surface area contributed by atoms with Gasteiger partial charge in [-0.3, -0.25) is 0 Å². The summed E-state index contributed by atoms with van der Waals surface area (Å²) in [5, 5.41) is 3.52. The Morgan fingerprint density at radius 2 is 1.43 bits per heavy atom. The van der Waals surface area contributed by atoms with Crippen molar-refractivity contribution in [3.05, 3.63) is 48.5 Å². The molecule has 0 aliphatic carbocycles. The third kappa shape index (κ3) is 4.23. The minimum Gasteiger partial charge on any atom is -0.340 e. The molecule has 0 saturated heterocycles. The maximum atomic E-state index is 5.70. The van der Waals surface area contributed by atoms with Gasteiger partial charge in [-0.2, -0.15) is 0 Å². The molecule has 1 aliphatic heterocycles. The van der Waals surface area contributed by atoms with E-state index < -0.39 is 0 Å². The van der Waals surface area contributed by atoms with Crippen LogP contribution >= 0.6 is 23.4 Å². The molecule has 3 rings (SSSR count). The van der Waals surface area contributed by atoms with Gasteiger partial charge in [-0.05, 0) is 56.6 Å². The Hall–Kier alpha value is -1.16. The number of nitrogens with one attached hydrogen (secondary N) is 1. The number of rotatable bonds is 8. The molecule has 1 heterocycles. The standard InChI is InChI=1S/C19H23ClN2S/c20-12-5-6-13-21-14-7-15-22-16-8-1-3-10-18(16)23-19-11-4-2-9-17(19)22/h1-4,8-11,21H,5-7,12-15H2. The number of para-hydroxylation sites is 2. The Morgan fingerprint density at radius 1 is 0.826 bits per heavy atom. The summed E-state index contributed by atoms with van der Waals surface area (Å²) >= 11 is 7.57. The average Bonchev–Trinajstić information content (AvgIpc) is 2.60. The van der Waals surface area contributed by atoms with Crippen LogP contribution in [0.4, 0.5) is 11.4 Å². The van der Waals surface area contributed by atoms with Gasteiger partial charge in [0, 0.05) is 22.2 Å². The first-order valence-electron chi connectivity index (χ1n) is 8.30. The lowest BCUT2D eigenvalue weighted by atomic mass is 10.2. The summed E-state index contributed by atoms with van der Waals surface area (Å²) in [6.45, 7) is 3.16. The number of alkyl halides is 1. The molecule has 0 bridgehead atoms. The Balaban J connectivity index is 1.62. The topological polar surface area (TPSA) is 15.3 Å². The van der Waals surface area contributed by atoms with E-state index in [9.17, 15) is 0 Å². The van der Waals surface area contributed by atoms with E-state index in [4.69, 9.17) is 11.6 Å². The van der Waals surface area contributed by atoms with E-state index in [1.807, 2.05) is 11.8 Å². The number of hydrogen-bond donors (Lipinski definition) is 1. The van der Waals surface area contributed by atoms with Gasteiger partial charge in [-0.15, -0.1) is 11.6 Å². The van der Waals surface area contributed by atoms with Crippen LogP contribution in [0.2, 0.25) is 0 Å². The maximum Gasteiger partial charge on any atom is 0.0552 e. The maximum absolute atomic E-state index is 5.70. The Kier molecular flexibility index (Phi) is 6.26. The Morgan fingerprint density at radius 3 is 2.09 bits per heavy atom. The van der Waals surface area contributed by atoms with Crippen LogP contribution in [-0.2, 0) is 0 Å². The molecule has 0 unspecified atom stereocenters. The van der Waals surface area contributed by atoms with Crippen LogP contribution in [0.15, 0.2) is 58.3 Å². The minimum absolute atomic E-state index is 0.765. The van der Waals surface area contributed by atoms with Crippen molar-refractivity contribution in [1.29, 1.82) is 0 Å². The molecule has 122 valence electrons. The number of nitrogens with zero attached hydrogens (tertiary/aromatic N) is 1. The summed E-state index contributed by atoms with van der Waals surface area (Å²) in [7, 11) is 0. The predicted octanol–water partition coefficient (Wildman–Crippen LogP) is 5.29. The van der Waals surface area contributed by atoms with Gasteiger partial charge in [0.05, 0.1) is 11.4 Å². The molecule has 2 aromatic rings. The van der Waals surface area contributed by atoms with Crippen molar-refractivity contribution in [2.45, 2.75) is 29.1 Å². The van der Waals surface area contributed by atoms with Crippen molar-refractivity contribution in [2.75, 3.05) is 30.4 Å². The van der Waals surface area contributed by atoms with Gasteiger partial charge in [0.25, 0.3) is 0 Å². The molecule has 0 atom stereocenters. The van der Waals surface area contributed by atoms with Gasteiger partial charge in [0.2, 0.25) is 0 Å². The summed E-state index contributed by atoms with van der Waals surface area (Å²) < 4.78 is 0. The zero-order valence-electron chi connectivity index (χ0n) is 13.3. The van der Waals surface area contributed by atoms with Crippen LogP contribution in [0.3, 0.4) is 0 Å². The number of halogens is 1. The highest BCUT2D eigenvalue weighted by Gasteiger charge is 2.21. The summed E-state index contributed by atoms with van der Waals surface area (Å²) in [6, 6.07) is 17.4. The Bertz CT molecular complexity index is 587. The SMILES string of the molecule is ClCCCCNCCCN1c2ccccc2Sc2ccccc21. The molecule has 1 N–H and O–H groups in total. The fraction of sp³-hybridized carbons (Fsp3) is 0.368. The third-order valence-corrected chi connectivity index (χ3v) is 5.40. The first-order chi connectivity index (χ1) is 11.4. The number of unbranched alkanes of at least 4 members (excludes halogenated alkanes) is 1. The molecule has 2 nitrogen and oxygen atoms in total. The van der Waals surface area contributed by atoms with Gasteiger partial charge < -0.3 is 10.2 Å². The fourth-order valence-corrected chi connectivity index (χ4v) is 4.14. The van der Waals surface area contributed by atoms with Crippen molar-refractivity contribution in [1.82, 2.24) is 5.32 Å². The van der Waals surface area contributed by atoms with E-state index >= 15 is 0 Å². The molecule has 4 heteroatoms. The normalized spacial score (nSPS) is 12.8. The lowest BCUT2D eigenvalue weighted by molar-refractivity contribution is 0.618. The van der Waals surface area contributed by atoms with E-state index in [-0.39, 0.29) is 0 Å².